The third-order valence-corrected chi connectivity index (χ3v) is 6.68. The zero-order valence-electron chi connectivity index (χ0n) is 19.9. The number of carbonyl (C=O) groups is 1. The molecule has 7 heteroatoms. The molecular formula is C26H36N2O4S. The van der Waals surface area contributed by atoms with Crippen molar-refractivity contribution in [1.82, 2.24) is 9.80 Å². The van der Waals surface area contributed by atoms with Gasteiger partial charge in [0, 0.05) is 24.5 Å². The molecule has 1 aromatic heterocycles. The van der Waals surface area contributed by atoms with Crippen LogP contribution in [0.1, 0.15) is 35.9 Å². The minimum absolute atomic E-state index is 0.0307. The minimum atomic E-state index is -0.661. The Morgan fingerprint density at radius 2 is 2.09 bits per heavy atom. The second-order valence-corrected chi connectivity index (χ2v) is 9.80. The van der Waals surface area contributed by atoms with E-state index in [9.17, 15) is 9.90 Å². The molecule has 0 unspecified atom stereocenters. The predicted octanol–water partition coefficient (Wildman–Crippen LogP) is 3.84. The number of aliphatic hydroxyl groups is 1. The number of aryl methyl sites for hydroxylation is 1. The van der Waals surface area contributed by atoms with Gasteiger partial charge in [0.05, 0.1) is 31.4 Å². The Bertz CT molecular complexity index is 896. The van der Waals surface area contributed by atoms with E-state index < -0.39 is 6.10 Å². The highest BCUT2D eigenvalue weighted by Gasteiger charge is 2.33. The summed E-state index contributed by atoms with van der Waals surface area (Å²) in [5.74, 6) is 0.833. The Labute approximate surface area is 201 Å². The Morgan fingerprint density at radius 1 is 1.33 bits per heavy atom. The van der Waals surface area contributed by atoms with Crippen molar-refractivity contribution in [3.8, 4) is 5.75 Å². The van der Waals surface area contributed by atoms with Crippen LogP contribution in [0.2, 0.25) is 0 Å². The Hall–Kier alpha value is -2.19. The normalized spacial score (nSPS) is 16.7. The summed E-state index contributed by atoms with van der Waals surface area (Å²) in [5, 5.41) is 12.4. The van der Waals surface area contributed by atoms with Crippen LogP contribution in [-0.4, -0.2) is 72.4 Å². The smallest absolute Gasteiger partial charge is 0.237 e. The zero-order chi connectivity index (χ0) is 23.8. The topological polar surface area (TPSA) is 62.2 Å². The summed E-state index contributed by atoms with van der Waals surface area (Å²) in [4.78, 5) is 18.6. The van der Waals surface area contributed by atoms with Gasteiger partial charge in [-0.25, -0.2) is 0 Å². The SMILES string of the molecule is C=CCN(CC(=O)N1CCc2sccc2[C@@H]1COc1ccc(C)cc1)C[C@@H](O)COC(C)C. The standard InChI is InChI=1S/C26H36N2O4S/c1-5-12-27(15-21(29)17-31-19(2)3)16-26(30)28-13-10-25-23(11-14-33-25)24(28)18-32-22-8-6-20(4)7-9-22/h5-9,11,14,19,21,24,29H,1,10,12-13,15-18H2,2-4H3/t21-,24+/m1/s1. The van der Waals surface area contributed by atoms with Crippen molar-refractivity contribution < 1.29 is 19.4 Å². The van der Waals surface area contributed by atoms with Crippen LogP contribution in [0.4, 0.5) is 0 Å². The summed E-state index contributed by atoms with van der Waals surface area (Å²) in [6.07, 6.45) is 2.00. The van der Waals surface area contributed by atoms with Gasteiger partial charge < -0.3 is 19.5 Å². The Morgan fingerprint density at radius 3 is 2.79 bits per heavy atom. The second kappa shape index (κ2) is 12.3. The first-order chi connectivity index (χ1) is 15.9. The molecule has 0 spiro atoms. The van der Waals surface area contributed by atoms with E-state index in [4.69, 9.17) is 9.47 Å². The minimum Gasteiger partial charge on any atom is -0.491 e. The van der Waals surface area contributed by atoms with E-state index in [0.717, 1.165) is 12.2 Å². The van der Waals surface area contributed by atoms with E-state index in [1.54, 1.807) is 17.4 Å². The lowest BCUT2D eigenvalue weighted by atomic mass is 10.0. The van der Waals surface area contributed by atoms with Crippen molar-refractivity contribution in [2.75, 3.05) is 39.4 Å². The van der Waals surface area contributed by atoms with E-state index in [0.29, 0.717) is 26.2 Å². The summed E-state index contributed by atoms with van der Waals surface area (Å²) in [5.41, 5.74) is 2.35. The maximum atomic E-state index is 13.4. The fourth-order valence-corrected chi connectivity index (χ4v) is 4.94. The number of fused-ring (bicyclic) bond motifs is 1. The van der Waals surface area contributed by atoms with Crippen molar-refractivity contribution in [3.63, 3.8) is 0 Å². The number of benzene rings is 1. The molecule has 0 saturated carbocycles. The van der Waals surface area contributed by atoms with E-state index in [1.807, 2.05) is 54.8 Å². The monoisotopic (exact) mass is 472 g/mol. The lowest BCUT2D eigenvalue weighted by Crippen LogP contribution is -2.48. The Balaban J connectivity index is 1.67. The largest absolute Gasteiger partial charge is 0.491 e. The summed E-state index contributed by atoms with van der Waals surface area (Å²) in [6, 6.07) is 9.95. The second-order valence-electron chi connectivity index (χ2n) is 8.79. The van der Waals surface area contributed by atoms with Crippen molar-refractivity contribution in [2.45, 2.75) is 45.4 Å². The van der Waals surface area contributed by atoms with Gasteiger partial charge in [0.2, 0.25) is 5.91 Å². The maximum absolute atomic E-state index is 13.4. The molecule has 3 rings (SSSR count). The molecule has 0 radical (unpaired) electrons. The molecule has 1 amide bonds. The number of amides is 1. The predicted molar refractivity (Wildman–Crippen MR) is 133 cm³/mol. The molecule has 1 aromatic carbocycles. The average molecular weight is 473 g/mol. The maximum Gasteiger partial charge on any atom is 0.237 e. The van der Waals surface area contributed by atoms with Crippen molar-refractivity contribution in [1.29, 1.82) is 0 Å². The molecular weight excluding hydrogens is 436 g/mol. The molecule has 0 aliphatic carbocycles. The number of thiophene rings is 1. The number of hydrogen-bond donors (Lipinski definition) is 1. The van der Waals surface area contributed by atoms with Crippen molar-refractivity contribution in [3.05, 3.63) is 64.4 Å². The highest BCUT2D eigenvalue weighted by atomic mass is 32.1. The molecule has 0 fully saturated rings. The van der Waals surface area contributed by atoms with Gasteiger partial charge >= 0.3 is 0 Å². The van der Waals surface area contributed by atoms with Gasteiger partial charge in [-0.1, -0.05) is 23.8 Å². The third-order valence-electron chi connectivity index (χ3n) is 5.68. The highest BCUT2D eigenvalue weighted by molar-refractivity contribution is 7.10. The molecule has 1 aliphatic heterocycles. The third kappa shape index (κ3) is 7.40. The molecule has 180 valence electrons. The van der Waals surface area contributed by atoms with E-state index in [1.165, 1.54) is 16.0 Å². The molecule has 1 N–H and O–H groups in total. The average Bonchev–Trinajstić information content (AvgIpc) is 3.26. The number of ether oxygens (including phenoxy) is 2. The number of nitrogens with zero attached hydrogens (tertiary/aromatic N) is 2. The van der Waals surface area contributed by atoms with Crippen LogP contribution in [-0.2, 0) is 16.0 Å². The summed E-state index contributed by atoms with van der Waals surface area (Å²) in [6.45, 7) is 12.1. The van der Waals surface area contributed by atoms with Gasteiger partial charge in [-0.2, -0.15) is 0 Å². The first-order valence-corrected chi connectivity index (χ1v) is 12.4. The summed E-state index contributed by atoms with van der Waals surface area (Å²) >= 11 is 1.74. The number of carbonyl (C=O) groups excluding carboxylic acids is 1. The molecule has 33 heavy (non-hydrogen) atoms. The van der Waals surface area contributed by atoms with Gasteiger partial charge in [0.15, 0.2) is 0 Å². The van der Waals surface area contributed by atoms with E-state index in [-0.39, 0.29) is 31.2 Å². The van der Waals surface area contributed by atoms with Crippen LogP contribution in [0.3, 0.4) is 0 Å². The van der Waals surface area contributed by atoms with Gasteiger partial charge in [0.1, 0.15) is 12.4 Å². The van der Waals surface area contributed by atoms with E-state index in [2.05, 4.69) is 18.0 Å². The first kappa shape index (κ1) is 25.4. The molecule has 1 aliphatic rings. The zero-order valence-corrected chi connectivity index (χ0v) is 20.7. The van der Waals surface area contributed by atoms with Crippen LogP contribution in [0.15, 0.2) is 48.4 Å². The fourth-order valence-electron chi connectivity index (χ4n) is 4.01. The van der Waals surface area contributed by atoms with Gasteiger partial charge in [0.25, 0.3) is 0 Å². The van der Waals surface area contributed by atoms with Crippen molar-refractivity contribution in [2.24, 2.45) is 0 Å². The summed E-state index contributed by atoms with van der Waals surface area (Å²) in [7, 11) is 0. The lowest BCUT2D eigenvalue weighted by Gasteiger charge is -2.37. The molecule has 0 saturated heterocycles. The van der Waals surface area contributed by atoms with Crippen LogP contribution in [0.5, 0.6) is 5.75 Å². The fraction of sp³-hybridized carbons (Fsp3) is 0.500. The van der Waals surface area contributed by atoms with Crippen molar-refractivity contribution >= 4 is 17.2 Å². The quantitative estimate of drug-likeness (QED) is 0.476. The molecule has 2 heterocycles. The number of aliphatic hydroxyl groups excluding tert-OH is 1. The highest BCUT2D eigenvalue weighted by Crippen LogP contribution is 2.34. The van der Waals surface area contributed by atoms with Gasteiger partial charge in [-0.3, -0.25) is 9.69 Å². The summed E-state index contributed by atoms with van der Waals surface area (Å²) < 4.78 is 11.6. The van der Waals surface area contributed by atoms with Crippen LogP contribution < -0.4 is 4.74 Å². The van der Waals surface area contributed by atoms with Crippen LogP contribution in [0.25, 0.3) is 0 Å². The lowest BCUT2D eigenvalue weighted by molar-refractivity contribution is -0.136. The molecule has 2 aromatic rings. The molecule has 2 atom stereocenters. The van der Waals surface area contributed by atoms with Gasteiger partial charge in [-0.05, 0) is 56.3 Å². The number of hydrogen-bond acceptors (Lipinski definition) is 6. The van der Waals surface area contributed by atoms with Gasteiger partial charge in [-0.15, -0.1) is 17.9 Å². The Kier molecular flexibility index (Phi) is 9.50. The molecule has 6 nitrogen and oxygen atoms in total. The van der Waals surface area contributed by atoms with E-state index >= 15 is 0 Å². The van der Waals surface area contributed by atoms with Crippen LogP contribution >= 0.6 is 11.3 Å². The number of rotatable bonds is 12. The molecule has 0 bridgehead atoms. The van der Waals surface area contributed by atoms with Crippen LogP contribution in [0, 0.1) is 6.92 Å². The first-order valence-electron chi connectivity index (χ1n) is 11.6.